The van der Waals surface area contributed by atoms with E-state index in [1.165, 1.54) is 16.2 Å². The Kier molecular flexibility index (Phi) is 4.60. The molecule has 3 rings (SSSR count). The number of nitrogens with zero attached hydrogens (tertiary/aromatic N) is 1. The third-order valence-corrected chi connectivity index (χ3v) is 6.75. The van der Waals surface area contributed by atoms with Gasteiger partial charge in [0.15, 0.2) is 9.84 Å². The zero-order valence-corrected chi connectivity index (χ0v) is 14.8. The van der Waals surface area contributed by atoms with Crippen molar-refractivity contribution in [1.29, 1.82) is 0 Å². The SMILES string of the molecule is CC(NC(=O)c1cc2ccccc2s1)C(=O)N1CCS(=O)(=O)CC1. The minimum absolute atomic E-state index is 0.0181. The van der Waals surface area contributed by atoms with Crippen LogP contribution in [-0.4, -0.2) is 55.8 Å². The lowest BCUT2D eigenvalue weighted by atomic mass is 10.2. The Morgan fingerprint density at radius 1 is 1.21 bits per heavy atom. The first-order valence-electron chi connectivity index (χ1n) is 7.64. The van der Waals surface area contributed by atoms with Crippen LogP contribution >= 0.6 is 11.3 Å². The highest BCUT2D eigenvalue weighted by molar-refractivity contribution is 7.91. The van der Waals surface area contributed by atoms with Gasteiger partial charge in [-0.1, -0.05) is 18.2 Å². The predicted octanol–water partition coefficient (Wildman–Crippen LogP) is 1.28. The van der Waals surface area contributed by atoms with Crippen LogP contribution in [-0.2, 0) is 14.6 Å². The first-order valence-corrected chi connectivity index (χ1v) is 10.3. The van der Waals surface area contributed by atoms with Crippen LogP contribution in [0.2, 0.25) is 0 Å². The average Bonchev–Trinajstić information content (AvgIpc) is 2.98. The van der Waals surface area contributed by atoms with Crippen LogP contribution in [0.3, 0.4) is 0 Å². The number of hydrogen-bond acceptors (Lipinski definition) is 5. The number of rotatable bonds is 3. The quantitative estimate of drug-likeness (QED) is 0.887. The van der Waals surface area contributed by atoms with Crippen LogP contribution in [0.15, 0.2) is 30.3 Å². The van der Waals surface area contributed by atoms with Crippen molar-refractivity contribution in [2.24, 2.45) is 0 Å². The van der Waals surface area contributed by atoms with E-state index in [0.29, 0.717) is 4.88 Å². The van der Waals surface area contributed by atoms with Gasteiger partial charge in [-0.15, -0.1) is 11.3 Å². The average molecular weight is 366 g/mol. The third-order valence-electron chi connectivity index (χ3n) is 4.02. The first-order chi connectivity index (χ1) is 11.4. The zero-order chi connectivity index (χ0) is 17.3. The number of carbonyl (C=O) groups excluding carboxylic acids is 2. The van der Waals surface area contributed by atoms with Crippen LogP contribution in [0.25, 0.3) is 10.1 Å². The van der Waals surface area contributed by atoms with E-state index in [-0.39, 0.29) is 36.4 Å². The summed E-state index contributed by atoms with van der Waals surface area (Å²) in [7, 11) is -3.04. The van der Waals surface area contributed by atoms with E-state index in [4.69, 9.17) is 0 Å². The Bertz CT molecular complexity index is 841. The smallest absolute Gasteiger partial charge is 0.262 e. The molecule has 1 aromatic heterocycles. The van der Waals surface area contributed by atoms with Crippen molar-refractivity contribution in [1.82, 2.24) is 10.2 Å². The molecule has 1 atom stereocenters. The van der Waals surface area contributed by atoms with Crippen molar-refractivity contribution in [2.45, 2.75) is 13.0 Å². The summed E-state index contributed by atoms with van der Waals surface area (Å²) in [6.45, 7) is 1.99. The lowest BCUT2D eigenvalue weighted by molar-refractivity contribution is -0.132. The van der Waals surface area contributed by atoms with E-state index >= 15 is 0 Å². The largest absolute Gasteiger partial charge is 0.340 e. The summed E-state index contributed by atoms with van der Waals surface area (Å²) in [5.41, 5.74) is 0. The minimum Gasteiger partial charge on any atom is -0.340 e. The fourth-order valence-electron chi connectivity index (χ4n) is 2.63. The molecule has 1 aromatic carbocycles. The number of benzene rings is 1. The van der Waals surface area contributed by atoms with Gasteiger partial charge in [0.05, 0.1) is 16.4 Å². The zero-order valence-electron chi connectivity index (χ0n) is 13.2. The monoisotopic (exact) mass is 366 g/mol. The molecule has 6 nitrogen and oxygen atoms in total. The molecule has 1 N–H and O–H groups in total. The molecule has 0 saturated carbocycles. The normalized spacial score (nSPS) is 18.3. The lowest BCUT2D eigenvalue weighted by Gasteiger charge is -2.29. The van der Waals surface area contributed by atoms with Gasteiger partial charge in [0.1, 0.15) is 6.04 Å². The van der Waals surface area contributed by atoms with E-state index in [9.17, 15) is 18.0 Å². The molecule has 2 aromatic rings. The minimum atomic E-state index is -3.04. The Hall–Kier alpha value is -1.93. The molecule has 1 fully saturated rings. The van der Waals surface area contributed by atoms with Crippen LogP contribution in [0, 0.1) is 0 Å². The Morgan fingerprint density at radius 3 is 2.54 bits per heavy atom. The fourth-order valence-corrected chi connectivity index (χ4v) is 4.80. The van der Waals surface area contributed by atoms with Crippen molar-refractivity contribution in [3.05, 3.63) is 35.2 Å². The molecule has 1 aliphatic heterocycles. The van der Waals surface area contributed by atoms with Gasteiger partial charge in [-0.2, -0.15) is 0 Å². The number of nitrogens with one attached hydrogen (secondary N) is 1. The molecule has 1 aliphatic rings. The molecule has 2 heterocycles. The molecule has 0 radical (unpaired) electrons. The topological polar surface area (TPSA) is 83.6 Å². The number of carbonyl (C=O) groups is 2. The van der Waals surface area contributed by atoms with E-state index in [2.05, 4.69) is 5.32 Å². The van der Waals surface area contributed by atoms with Gasteiger partial charge in [0.2, 0.25) is 5.91 Å². The maximum atomic E-state index is 12.4. The summed E-state index contributed by atoms with van der Waals surface area (Å²) in [4.78, 5) is 26.8. The highest BCUT2D eigenvalue weighted by Crippen LogP contribution is 2.25. The maximum absolute atomic E-state index is 12.4. The van der Waals surface area contributed by atoms with E-state index in [1.807, 2.05) is 24.3 Å². The second kappa shape index (κ2) is 6.52. The number of sulfone groups is 1. The Labute approximate surface area is 144 Å². The molecule has 0 bridgehead atoms. The summed E-state index contributed by atoms with van der Waals surface area (Å²) in [6.07, 6.45) is 0. The molecule has 1 saturated heterocycles. The van der Waals surface area contributed by atoms with Crippen molar-refractivity contribution in [3.63, 3.8) is 0 Å². The standard InChI is InChI=1S/C16H18N2O4S2/c1-11(16(20)18-6-8-24(21,22)9-7-18)17-15(19)14-10-12-4-2-3-5-13(12)23-14/h2-5,10-11H,6-9H2,1H3,(H,17,19). The highest BCUT2D eigenvalue weighted by atomic mass is 32.2. The number of fused-ring (bicyclic) bond motifs is 1. The second-order valence-corrected chi connectivity index (χ2v) is 9.21. The van der Waals surface area contributed by atoms with Crippen LogP contribution in [0.4, 0.5) is 0 Å². The second-order valence-electron chi connectivity index (χ2n) is 5.82. The van der Waals surface area contributed by atoms with Gasteiger partial charge < -0.3 is 10.2 Å². The van der Waals surface area contributed by atoms with Gasteiger partial charge in [-0.05, 0) is 24.4 Å². The molecule has 128 valence electrons. The molecule has 24 heavy (non-hydrogen) atoms. The number of hydrogen-bond donors (Lipinski definition) is 1. The molecular formula is C16H18N2O4S2. The maximum Gasteiger partial charge on any atom is 0.262 e. The van der Waals surface area contributed by atoms with Crippen molar-refractivity contribution < 1.29 is 18.0 Å². The summed E-state index contributed by atoms with van der Waals surface area (Å²) < 4.78 is 23.9. The van der Waals surface area contributed by atoms with Gasteiger partial charge in [-0.25, -0.2) is 8.42 Å². The Balaban J connectivity index is 1.64. The first kappa shape index (κ1) is 16.9. The van der Waals surface area contributed by atoms with Gasteiger partial charge >= 0.3 is 0 Å². The highest BCUT2D eigenvalue weighted by Gasteiger charge is 2.28. The third kappa shape index (κ3) is 3.59. The van der Waals surface area contributed by atoms with Crippen LogP contribution < -0.4 is 5.32 Å². The molecular weight excluding hydrogens is 348 g/mol. The Morgan fingerprint density at radius 2 is 1.88 bits per heavy atom. The van der Waals surface area contributed by atoms with Crippen LogP contribution in [0.5, 0.6) is 0 Å². The van der Waals surface area contributed by atoms with Crippen LogP contribution in [0.1, 0.15) is 16.6 Å². The molecule has 1 unspecified atom stereocenters. The summed E-state index contributed by atoms with van der Waals surface area (Å²) >= 11 is 1.38. The van der Waals surface area contributed by atoms with Gasteiger partial charge in [0.25, 0.3) is 5.91 Å². The van der Waals surface area contributed by atoms with Crippen molar-refractivity contribution in [3.8, 4) is 0 Å². The van der Waals surface area contributed by atoms with Gasteiger partial charge in [0, 0.05) is 17.8 Å². The van der Waals surface area contributed by atoms with E-state index in [1.54, 1.807) is 13.0 Å². The predicted molar refractivity (Wildman–Crippen MR) is 94.0 cm³/mol. The lowest BCUT2D eigenvalue weighted by Crippen LogP contribution is -2.51. The molecule has 0 spiro atoms. The molecule has 2 amide bonds. The van der Waals surface area contributed by atoms with E-state index in [0.717, 1.165) is 10.1 Å². The summed E-state index contributed by atoms with van der Waals surface area (Å²) in [5, 5.41) is 3.70. The molecule has 8 heteroatoms. The summed E-state index contributed by atoms with van der Waals surface area (Å²) in [5.74, 6) is -0.577. The molecule has 0 aliphatic carbocycles. The fraction of sp³-hybridized carbons (Fsp3) is 0.375. The van der Waals surface area contributed by atoms with Gasteiger partial charge in [-0.3, -0.25) is 9.59 Å². The summed E-state index contributed by atoms with van der Waals surface area (Å²) in [6, 6.07) is 8.82. The van der Waals surface area contributed by atoms with Crippen molar-refractivity contribution >= 4 is 43.1 Å². The van der Waals surface area contributed by atoms with Crippen molar-refractivity contribution in [2.75, 3.05) is 24.6 Å². The number of thiophene rings is 1. The number of amides is 2. The van der Waals surface area contributed by atoms with E-state index < -0.39 is 15.9 Å².